The number of H-pyrrole nitrogens is 1. The van der Waals surface area contributed by atoms with Crippen molar-refractivity contribution in [1.82, 2.24) is 20.0 Å². The number of thiocarbonyl (C=S) groups is 1. The number of aldehydes is 2. The Hall–Kier alpha value is -9.38. The smallest absolute Gasteiger partial charge is 0.169 e. The van der Waals surface area contributed by atoms with Crippen LogP contribution in [0.1, 0.15) is 238 Å². The quantitative estimate of drug-likeness (QED) is 0.0159. The summed E-state index contributed by atoms with van der Waals surface area (Å²) in [5, 5.41) is 106. The molecule has 1 aromatic heterocycles. The molecule has 20 rings (SSSR count). The number of aromatic amines is 1. The van der Waals surface area contributed by atoms with Gasteiger partial charge < -0.3 is 72.0 Å². The van der Waals surface area contributed by atoms with Crippen molar-refractivity contribution < 1.29 is 60.3 Å². The number of hydrogen-bond acceptors (Lipinski definition) is 18. The van der Waals surface area contributed by atoms with Crippen LogP contribution >= 0.6 is 12.2 Å². The molecule has 8 fully saturated rings. The number of aliphatic hydroxyl groups is 2. The van der Waals surface area contributed by atoms with E-state index in [9.17, 15) is 55.5 Å². The van der Waals surface area contributed by atoms with Gasteiger partial charge in [0.25, 0.3) is 0 Å². The number of nitrogens with two attached hydrogens (primary N) is 2. The largest absolute Gasteiger partial charge is 0.507 e. The number of aromatic hydroxyl groups is 7. The van der Waals surface area contributed by atoms with E-state index >= 15 is 0 Å². The number of aromatic nitrogens is 2. The highest BCUT2D eigenvalue weighted by molar-refractivity contribution is 7.80. The van der Waals surface area contributed by atoms with Crippen LogP contribution < -0.4 is 16.2 Å². The van der Waals surface area contributed by atoms with Crippen LogP contribution in [0.15, 0.2) is 89.0 Å². The molecule has 0 radical (unpaired) electrons. The van der Waals surface area contributed by atoms with Crippen LogP contribution in [0.25, 0.3) is 32.7 Å². The molecule has 7 saturated carbocycles. The number of rotatable bonds is 9. The van der Waals surface area contributed by atoms with Gasteiger partial charge in [-0.2, -0.15) is 5.10 Å². The van der Waals surface area contributed by atoms with Crippen molar-refractivity contribution in [3.63, 3.8) is 0 Å². The Bertz CT molecular complexity index is 5210. The summed E-state index contributed by atoms with van der Waals surface area (Å²) in [7, 11) is 4.12. The fourth-order valence-electron chi connectivity index (χ4n) is 25.0. The number of aliphatic hydroxyl groups excluding tert-OH is 1. The molecule has 2 aliphatic heterocycles. The number of aryl methyl sites for hydroxylation is 6. The van der Waals surface area contributed by atoms with Gasteiger partial charge in [-0.1, -0.05) is 120 Å². The van der Waals surface area contributed by atoms with Gasteiger partial charge in [0.1, 0.15) is 23.7 Å². The fraction of sp³-hybridized carbons (Fsp3) is 0.515. The number of benzene rings is 7. The van der Waals surface area contributed by atoms with Gasteiger partial charge in [-0.25, -0.2) is 9.98 Å². The number of phenolic OH excluding ortho intramolecular Hbond substituents is 7. The summed E-state index contributed by atoms with van der Waals surface area (Å²) in [5.41, 5.74) is 24.9. The molecule has 120 heavy (non-hydrogen) atoms. The number of fused-ring (bicyclic) bond motifs is 8. The molecular formula is C99H126N8O12S. The van der Waals surface area contributed by atoms with Crippen molar-refractivity contribution in [3.8, 4) is 57.1 Å². The highest BCUT2D eigenvalue weighted by Crippen LogP contribution is 2.69. The van der Waals surface area contributed by atoms with E-state index in [1.54, 1.807) is 79.3 Å². The maximum absolute atomic E-state index is 12.0. The summed E-state index contributed by atoms with van der Waals surface area (Å²) < 4.78 is 6.09. The molecule has 12 aliphatic rings. The predicted octanol–water partition coefficient (Wildman–Crippen LogP) is 18.8. The van der Waals surface area contributed by atoms with E-state index in [-0.39, 0.29) is 67.5 Å². The van der Waals surface area contributed by atoms with Crippen molar-refractivity contribution in [1.29, 1.82) is 0 Å². The molecule has 0 amide bonds. The molecule has 12 atom stereocenters. The summed E-state index contributed by atoms with van der Waals surface area (Å²) in [5.74, 6) is 3.89. The van der Waals surface area contributed by atoms with Crippen LogP contribution in [0.4, 0.5) is 11.4 Å². The topological polar surface area (TPSA) is 337 Å². The average molecular weight is 1650 g/mol. The molecule has 8 aromatic rings. The molecule has 3 heterocycles. The Balaban J connectivity index is 0.000000126. The predicted molar refractivity (Wildman–Crippen MR) is 481 cm³/mol. The lowest BCUT2D eigenvalue weighted by molar-refractivity contribution is -0.139. The first-order chi connectivity index (χ1) is 56.7. The highest BCUT2D eigenvalue weighted by Gasteiger charge is 2.66. The van der Waals surface area contributed by atoms with E-state index < -0.39 is 46.2 Å². The molecule has 1 spiro atoms. The minimum atomic E-state index is -0.661. The third-order valence-electron chi connectivity index (χ3n) is 30.4. The maximum Gasteiger partial charge on any atom is 0.169 e. The van der Waals surface area contributed by atoms with E-state index in [1.165, 1.54) is 128 Å². The number of aliphatic imine (C=N–C) groups is 2. The number of carbonyl (C=O) groups excluding carboxylic acids is 2. The second-order valence-electron chi connectivity index (χ2n) is 39.0. The summed E-state index contributed by atoms with van der Waals surface area (Å²) >= 11 is 4.31. The zero-order chi connectivity index (χ0) is 86.6. The van der Waals surface area contributed by atoms with Crippen molar-refractivity contribution in [3.05, 3.63) is 157 Å². The third-order valence-corrected chi connectivity index (χ3v) is 30.4. The molecule has 1 saturated heterocycles. The van der Waals surface area contributed by atoms with Gasteiger partial charge in [0, 0.05) is 74.2 Å². The van der Waals surface area contributed by atoms with Gasteiger partial charge in [-0.05, 0) is 298 Å². The van der Waals surface area contributed by atoms with Crippen LogP contribution in [0.3, 0.4) is 0 Å². The van der Waals surface area contributed by atoms with Crippen molar-refractivity contribution >= 4 is 75.4 Å². The first-order valence-corrected chi connectivity index (χ1v) is 43.8. The summed E-state index contributed by atoms with van der Waals surface area (Å²) in [4.78, 5) is 37.8. The van der Waals surface area contributed by atoms with Gasteiger partial charge in [-0.3, -0.25) is 14.7 Å². The SMILES string of the molecule is CC(N)=S.CN1CC[C@]23c4c5ccc(O)c4O[C@H]2[C@@H](O)C=C[C@H]3[C@H]1C5.C[C@]12Cc3cn[nH]c3C[C@@H]1CC[C@@H]1[C@@H]2CC[C@@]2(C)[C@H]1CC[C@]2(C)O.Cc1cc2c(C(C)C)c(O)c(O)c(C=O)c2c(O)c1-c1c(C)cc2c(C(C)C)c(O)c(O)c(C=O)c2c1O.Cc1ccc(N=CN(C)C=Nc2ccc(C)cc2C)c(C)c1.NC12CC3CC(CC(C3)C1)C2. The highest BCUT2D eigenvalue weighted by atomic mass is 32.1. The molecule has 20 nitrogen and oxygen atoms in total. The van der Waals surface area contributed by atoms with Crippen LogP contribution in [-0.2, 0) is 24.7 Å². The number of carbonyl (C=O) groups is 2. The standard InChI is InChI=1S/C30H30O8.C21H32N2O.C19H23N3.C17H19NO3.C10H17N.C2H5NS/c1-11(2)19-15-7-13(5)21(27(35)23(15)17(9-31)25(33)29(19)37)22-14(6)8-16-20(12(3)4)30(38)26(34)18(10-32)24(16)28(22)36;1-19-11-13-12-22-23-18(13)10-14(19)4-5-15-16(19)6-8-20(2)17(15)7-9-21(20,3)24;1-14-6-8-18(16(3)10-14)20-12-22(5)13-21-19-9-7-15(2)11-17(19)4;1-18-7-6-17-10-3-5-13(20)16(17)21-15-12(19)4-2-9(14(15)17)8-11(10)18;11-10-4-7-1-8(5-10)3-9(2-7)6-10;1-2(3)4/h7-12,33-38H,1-6H3;12,14-17,24H,4-11H2,1-3H3,(H,22,23);6-13H,1-5H3;2-5,10-11,13,16,19-20H,6-8H2,1H3;7-9H,1-6,11H2;1H3,(H2,3,4)/t;14-,15+,16-,17-,19-,20-,21-;;10-,11+,13-,16-,17-;;/m.0.0../s1. The van der Waals surface area contributed by atoms with Crippen molar-refractivity contribution in [2.45, 2.75) is 246 Å². The van der Waals surface area contributed by atoms with E-state index in [4.69, 9.17) is 16.2 Å². The first kappa shape index (κ1) is 87.0. The number of ether oxygens (including phenoxy) is 1. The van der Waals surface area contributed by atoms with E-state index in [0.29, 0.717) is 79.3 Å². The number of nitrogens with one attached hydrogen (secondary N) is 1. The Kier molecular flexibility index (Phi) is 24.0. The Morgan fingerprint density at radius 3 is 1.68 bits per heavy atom. The fourth-order valence-corrected chi connectivity index (χ4v) is 25.0. The zero-order valence-electron chi connectivity index (χ0n) is 72.9. The second-order valence-corrected chi connectivity index (χ2v) is 39.7. The van der Waals surface area contributed by atoms with Crippen LogP contribution in [0.5, 0.6) is 46.0 Å². The Labute approximate surface area is 712 Å². The molecule has 640 valence electrons. The second kappa shape index (κ2) is 33.1. The number of nitrogens with zero attached hydrogens (tertiary/aromatic N) is 5. The van der Waals surface area contributed by atoms with E-state index in [1.807, 2.05) is 36.2 Å². The Morgan fingerprint density at radius 2 is 1.18 bits per heavy atom. The summed E-state index contributed by atoms with van der Waals surface area (Å²) in [6.07, 6.45) is 30.0. The average Bonchev–Trinajstić information content (AvgIpc) is 1.50. The van der Waals surface area contributed by atoms with Gasteiger partial charge >= 0.3 is 0 Å². The minimum Gasteiger partial charge on any atom is -0.507 e. The minimum absolute atomic E-state index is 0.00512. The molecule has 0 unspecified atom stereocenters. The van der Waals surface area contributed by atoms with Crippen molar-refractivity contribution in [2.75, 3.05) is 20.6 Å². The Morgan fingerprint density at radius 1 is 0.667 bits per heavy atom. The van der Waals surface area contributed by atoms with Gasteiger partial charge in [0.05, 0.1) is 52.0 Å². The number of phenols is 7. The number of likely N-dealkylation sites (tertiary alicyclic amines) is 1. The number of hydrogen-bond donors (Lipinski definition) is 12. The summed E-state index contributed by atoms with van der Waals surface area (Å²) in [6.45, 7) is 28.6. The molecule has 6 bridgehead atoms. The number of likely N-dealkylation sites (N-methyl/N-ethyl adjacent to an activating group) is 1. The van der Waals surface area contributed by atoms with Gasteiger partial charge in [0.2, 0.25) is 0 Å². The molecular weight excluding hydrogens is 1530 g/mol. The lowest BCUT2D eigenvalue weighted by Gasteiger charge is -2.60. The van der Waals surface area contributed by atoms with Gasteiger partial charge in [0.15, 0.2) is 47.1 Å². The van der Waals surface area contributed by atoms with E-state index in [2.05, 4.69) is 129 Å². The normalized spacial score (nSPS) is 29.6. The van der Waals surface area contributed by atoms with Crippen LogP contribution in [0, 0.1) is 99.7 Å². The monoisotopic (exact) mass is 1650 g/mol. The lowest BCUT2D eigenvalue weighted by atomic mass is 9.44. The number of piperidine rings is 1. The molecule has 14 N–H and O–H groups in total. The molecule has 21 heteroatoms. The van der Waals surface area contributed by atoms with Crippen LogP contribution in [0.2, 0.25) is 0 Å². The summed E-state index contributed by atoms with van der Waals surface area (Å²) in [6, 6.07) is 20.0. The third kappa shape index (κ3) is 15.3. The maximum atomic E-state index is 12.0. The molecule has 7 aromatic carbocycles. The lowest BCUT2D eigenvalue weighted by Crippen LogP contribution is -2.64. The zero-order valence-corrected chi connectivity index (χ0v) is 73.7. The first-order valence-electron chi connectivity index (χ1n) is 43.4. The van der Waals surface area contributed by atoms with E-state index in [0.717, 1.165) is 78.6 Å². The molecule has 10 aliphatic carbocycles. The van der Waals surface area contributed by atoms with Crippen LogP contribution in [-0.4, -0.2) is 146 Å². The van der Waals surface area contributed by atoms with Gasteiger partial charge in [-0.15, -0.1) is 0 Å². The van der Waals surface area contributed by atoms with Crippen molar-refractivity contribution in [2.24, 2.45) is 79.6 Å².